The lowest BCUT2D eigenvalue weighted by atomic mass is 10.1. The summed E-state index contributed by atoms with van der Waals surface area (Å²) >= 11 is 10.4. The van der Waals surface area contributed by atoms with E-state index in [4.69, 9.17) is 16.1 Å². The van der Waals surface area contributed by atoms with Gasteiger partial charge in [-0.25, -0.2) is 0 Å². The van der Waals surface area contributed by atoms with Gasteiger partial charge in [-0.15, -0.1) is 0 Å². The van der Waals surface area contributed by atoms with Crippen molar-refractivity contribution >= 4 is 35.2 Å². The van der Waals surface area contributed by atoms with E-state index in [9.17, 15) is 0 Å². The molecule has 2 nitrogen and oxygen atoms in total. The molecule has 0 saturated carbocycles. The molecule has 0 saturated heterocycles. The maximum atomic E-state index is 6.20. The van der Waals surface area contributed by atoms with Crippen LogP contribution in [-0.4, -0.2) is 10.9 Å². The molecule has 1 aromatic carbocycles. The third-order valence-corrected chi connectivity index (χ3v) is 3.34. The molecular weight excluding hydrogens is 230 g/mol. The Labute approximate surface area is 99.0 Å². The maximum absolute atomic E-state index is 6.20. The van der Waals surface area contributed by atoms with Crippen molar-refractivity contribution in [3.63, 3.8) is 0 Å². The smallest absolute Gasteiger partial charge is 0.167 e. The zero-order valence-corrected chi connectivity index (χ0v) is 10.3. The summed E-state index contributed by atoms with van der Waals surface area (Å²) < 4.78 is 5.28. The number of hydrogen-bond acceptors (Lipinski definition) is 3. The summed E-state index contributed by atoms with van der Waals surface area (Å²) in [5.74, 6) is 0.757. The highest BCUT2D eigenvalue weighted by Gasteiger charge is 2.14. The number of benzene rings is 1. The lowest BCUT2D eigenvalue weighted by Gasteiger charge is -2.03. The average molecular weight is 242 g/mol. The van der Waals surface area contributed by atoms with Gasteiger partial charge in [0.1, 0.15) is 0 Å². The van der Waals surface area contributed by atoms with E-state index in [1.165, 1.54) is 0 Å². The van der Waals surface area contributed by atoms with Crippen LogP contribution in [0.4, 0.5) is 0 Å². The molecule has 2 rings (SSSR count). The van der Waals surface area contributed by atoms with Gasteiger partial charge in [0.05, 0.1) is 5.69 Å². The molecule has 0 aliphatic heterocycles. The van der Waals surface area contributed by atoms with E-state index < -0.39 is 0 Å². The van der Waals surface area contributed by atoms with Gasteiger partial charge in [0.15, 0.2) is 5.58 Å². The second-order valence-corrected chi connectivity index (χ2v) is 4.43. The average Bonchev–Trinajstić information content (AvgIpc) is 2.59. The van der Waals surface area contributed by atoms with Crippen molar-refractivity contribution < 1.29 is 4.52 Å². The van der Waals surface area contributed by atoms with Crippen molar-refractivity contribution in [3.8, 4) is 0 Å². The molecule has 0 N–H and O–H groups in total. The zero-order valence-electron chi connectivity index (χ0n) is 8.67. The molecule has 0 unspecified atom stereocenters. The van der Waals surface area contributed by atoms with Gasteiger partial charge in [0, 0.05) is 16.8 Å². The standard InChI is InChI=1S/C11H12ClNOS/c1-6-5-9-10(7(2)11(6)12)8(3-4-15)13-14-9/h5,15H,3-4H2,1-2H3. The molecular formula is C11H12ClNOS. The third-order valence-electron chi connectivity index (χ3n) is 2.54. The van der Waals surface area contributed by atoms with Gasteiger partial charge < -0.3 is 4.52 Å². The first kappa shape index (κ1) is 10.8. The summed E-state index contributed by atoms with van der Waals surface area (Å²) in [5.41, 5.74) is 3.82. The summed E-state index contributed by atoms with van der Waals surface area (Å²) in [7, 11) is 0. The summed E-state index contributed by atoms with van der Waals surface area (Å²) in [4.78, 5) is 0. The molecule has 15 heavy (non-hydrogen) atoms. The highest BCUT2D eigenvalue weighted by molar-refractivity contribution is 7.80. The first-order chi connectivity index (χ1) is 7.15. The van der Waals surface area contributed by atoms with Gasteiger partial charge in [-0.05, 0) is 36.8 Å². The normalized spacial score (nSPS) is 11.2. The van der Waals surface area contributed by atoms with Gasteiger partial charge in [-0.2, -0.15) is 12.6 Å². The Morgan fingerprint density at radius 3 is 2.87 bits per heavy atom. The second-order valence-electron chi connectivity index (χ2n) is 3.61. The first-order valence-electron chi connectivity index (χ1n) is 4.80. The quantitative estimate of drug-likeness (QED) is 0.814. The molecule has 80 valence electrons. The van der Waals surface area contributed by atoms with Crippen molar-refractivity contribution in [2.75, 3.05) is 5.75 Å². The summed E-state index contributed by atoms with van der Waals surface area (Å²) in [5, 5.41) is 5.88. The van der Waals surface area contributed by atoms with Crippen LogP contribution >= 0.6 is 24.2 Å². The minimum atomic E-state index is 0.757. The fraction of sp³-hybridized carbons (Fsp3) is 0.364. The lowest BCUT2D eigenvalue weighted by Crippen LogP contribution is -1.89. The summed E-state index contributed by atoms with van der Waals surface area (Å²) in [6, 6.07) is 1.93. The number of thiol groups is 1. The Morgan fingerprint density at radius 2 is 2.20 bits per heavy atom. The van der Waals surface area contributed by atoms with Gasteiger partial charge in [0.2, 0.25) is 0 Å². The van der Waals surface area contributed by atoms with Crippen molar-refractivity contribution in [1.29, 1.82) is 0 Å². The largest absolute Gasteiger partial charge is 0.356 e. The highest BCUT2D eigenvalue weighted by atomic mass is 35.5. The predicted molar refractivity (Wildman–Crippen MR) is 66.1 cm³/mol. The fourth-order valence-corrected chi connectivity index (χ4v) is 2.14. The van der Waals surface area contributed by atoms with Crippen LogP contribution in [0, 0.1) is 13.8 Å². The number of hydrogen-bond donors (Lipinski definition) is 1. The van der Waals surface area contributed by atoms with E-state index >= 15 is 0 Å². The van der Waals surface area contributed by atoms with E-state index in [-0.39, 0.29) is 0 Å². The van der Waals surface area contributed by atoms with Crippen LogP contribution < -0.4 is 0 Å². The van der Waals surface area contributed by atoms with Crippen LogP contribution in [-0.2, 0) is 6.42 Å². The van der Waals surface area contributed by atoms with Crippen LogP contribution in [0.15, 0.2) is 10.6 Å². The minimum Gasteiger partial charge on any atom is -0.356 e. The molecule has 0 spiro atoms. The number of rotatable bonds is 2. The molecule has 0 aliphatic rings. The van der Waals surface area contributed by atoms with E-state index in [1.807, 2.05) is 19.9 Å². The maximum Gasteiger partial charge on any atom is 0.167 e. The molecule has 0 atom stereocenters. The van der Waals surface area contributed by atoms with Gasteiger partial charge in [0.25, 0.3) is 0 Å². The highest BCUT2D eigenvalue weighted by Crippen LogP contribution is 2.31. The Bertz CT molecular complexity index is 507. The number of nitrogens with zero attached hydrogens (tertiary/aromatic N) is 1. The number of aryl methyl sites for hydroxylation is 3. The van der Waals surface area contributed by atoms with Crippen molar-refractivity contribution in [1.82, 2.24) is 5.16 Å². The van der Waals surface area contributed by atoms with Gasteiger partial charge in [-0.3, -0.25) is 0 Å². The topological polar surface area (TPSA) is 26.0 Å². The first-order valence-corrected chi connectivity index (χ1v) is 5.81. The van der Waals surface area contributed by atoms with Crippen molar-refractivity contribution in [2.45, 2.75) is 20.3 Å². The summed E-state index contributed by atoms with van der Waals surface area (Å²) in [6.07, 6.45) is 0.802. The van der Waals surface area contributed by atoms with E-state index in [1.54, 1.807) is 0 Å². The van der Waals surface area contributed by atoms with Crippen LogP contribution in [0.1, 0.15) is 16.8 Å². The molecule has 2 aromatic rings. The molecule has 0 radical (unpaired) electrons. The van der Waals surface area contributed by atoms with Crippen molar-refractivity contribution in [3.05, 3.63) is 27.9 Å². The third kappa shape index (κ3) is 1.74. The summed E-state index contributed by atoms with van der Waals surface area (Å²) in [6.45, 7) is 3.96. The van der Waals surface area contributed by atoms with Crippen LogP contribution in [0.2, 0.25) is 5.02 Å². The SMILES string of the molecule is Cc1cc2onc(CCS)c2c(C)c1Cl. The van der Waals surface area contributed by atoms with Crippen LogP contribution in [0.3, 0.4) is 0 Å². The Hall–Kier alpha value is -0.670. The molecule has 1 heterocycles. The number of fused-ring (bicyclic) bond motifs is 1. The fourth-order valence-electron chi connectivity index (χ4n) is 1.78. The monoisotopic (exact) mass is 241 g/mol. The predicted octanol–water partition coefficient (Wildman–Crippen LogP) is 3.57. The molecule has 0 amide bonds. The Kier molecular flexibility index (Phi) is 2.94. The molecule has 4 heteroatoms. The number of aromatic nitrogens is 1. The molecule has 1 aromatic heterocycles. The van der Waals surface area contributed by atoms with Crippen LogP contribution in [0.5, 0.6) is 0 Å². The minimum absolute atomic E-state index is 0.757. The molecule has 0 bridgehead atoms. The van der Waals surface area contributed by atoms with Gasteiger partial charge >= 0.3 is 0 Å². The second kappa shape index (κ2) is 4.06. The van der Waals surface area contributed by atoms with Crippen molar-refractivity contribution in [2.24, 2.45) is 0 Å². The Balaban J connectivity index is 2.74. The number of halogens is 1. The van der Waals surface area contributed by atoms with E-state index in [0.29, 0.717) is 0 Å². The zero-order chi connectivity index (χ0) is 11.0. The lowest BCUT2D eigenvalue weighted by molar-refractivity contribution is 0.447. The van der Waals surface area contributed by atoms with Gasteiger partial charge in [-0.1, -0.05) is 16.8 Å². The van der Waals surface area contributed by atoms with E-state index in [2.05, 4.69) is 17.8 Å². The molecule has 0 fully saturated rings. The Morgan fingerprint density at radius 1 is 1.47 bits per heavy atom. The molecule has 0 aliphatic carbocycles. The van der Waals surface area contributed by atoms with Crippen LogP contribution in [0.25, 0.3) is 11.0 Å². The van der Waals surface area contributed by atoms with E-state index in [0.717, 1.165) is 45.0 Å².